The summed E-state index contributed by atoms with van der Waals surface area (Å²) in [4.78, 5) is 4.92. The maximum Gasteiger partial charge on any atom is 0.151 e. The molecule has 1 aliphatic rings. The number of rotatable bonds is 10. The smallest absolute Gasteiger partial charge is 0.151 e. The Morgan fingerprint density at radius 1 is 0.703 bits per heavy atom. The third-order valence-electron chi connectivity index (χ3n) is 7.38. The van der Waals surface area contributed by atoms with Gasteiger partial charge in [-0.15, -0.1) is 16.8 Å². The average Bonchev–Trinajstić information content (AvgIpc) is 2.99. The Balaban J connectivity index is 1.33. The molecule has 1 fully saturated rings. The predicted molar refractivity (Wildman–Crippen MR) is 153 cm³/mol. The van der Waals surface area contributed by atoms with E-state index < -0.39 is 0 Å². The highest BCUT2D eigenvalue weighted by Crippen LogP contribution is 2.42. The van der Waals surface area contributed by atoms with Gasteiger partial charge in [0.1, 0.15) is 5.82 Å². The van der Waals surface area contributed by atoms with Gasteiger partial charge < -0.3 is 10.2 Å². The Kier molecular flexibility index (Phi) is 7.92. The van der Waals surface area contributed by atoms with E-state index in [4.69, 9.17) is 0 Å². The predicted octanol–water partition coefficient (Wildman–Crippen LogP) is 5.62. The Morgan fingerprint density at radius 2 is 1.24 bits per heavy atom. The molecule has 1 N–H and O–H groups in total. The largest absolute Gasteiger partial charge is 0.365 e. The zero-order valence-electron chi connectivity index (χ0n) is 21.3. The summed E-state index contributed by atoms with van der Waals surface area (Å²) in [5.74, 6) is 1.72. The van der Waals surface area contributed by atoms with Crippen molar-refractivity contribution in [1.29, 1.82) is 0 Å². The van der Waals surface area contributed by atoms with Crippen LogP contribution in [0.15, 0.2) is 116 Å². The van der Waals surface area contributed by atoms with Gasteiger partial charge in [-0.05, 0) is 41.8 Å². The molecule has 0 spiro atoms. The number of piperazine rings is 1. The van der Waals surface area contributed by atoms with E-state index in [1.165, 1.54) is 16.7 Å². The van der Waals surface area contributed by atoms with Crippen LogP contribution in [-0.4, -0.2) is 54.4 Å². The fourth-order valence-corrected chi connectivity index (χ4v) is 5.39. The van der Waals surface area contributed by atoms with E-state index in [9.17, 15) is 0 Å². The molecule has 1 saturated heterocycles. The van der Waals surface area contributed by atoms with Crippen molar-refractivity contribution in [3.63, 3.8) is 0 Å². The van der Waals surface area contributed by atoms with E-state index in [2.05, 4.69) is 129 Å². The van der Waals surface area contributed by atoms with Gasteiger partial charge >= 0.3 is 0 Å². The summed E-state index contributed by atoms with van der Waals surface area (Å²) in [6, 6.07) is 37.0. The van der Waals surface area contributed by atoms with Crippen LogP contribution in [0.2, 0.25) is 0 Å². The fraction of sp³-hybridized carbons (Fsp3) is 0.250. The van der Waals surface area contributed by atoms with E-state index in [0.717, 1.165) is 50.8 Å². The van der Waals surface area contributed by atoms with Gasteiger partial charge in [-0.25, -0.2) is 0 Å². The van der Waals surface area contributed by atoms with Crippen LogP contribution >= 0.6 is 0 Å². The van der Waals surface area contributed by atoms with Gasteiger partial charge in [0.05, 0.1) is 0 Å². The molecule has 0 unspecified atom stereocenters. The zero-order valence-corrected chi connectivity index (χ0v) is 21.3. The van der Waals surface area contributed by atoms with Crippen molar-refractivity contribution in [3.8, 4) is 0 Å². The van der Waals surface area contributed by atoms with Gasteiger partial charge in [0.15, 0.2) is 5.82 Å². The van der Waals surface area contributed by atoms with E-state index in [1.807, 2.05) is 12.1 Å². The topological polar surface area (TPSA) is 44.3 Å². The van der Waals surface area contributed by atoms with Gasteiger partial charge in [0.25, 0.3) is 0 Å². The first-order valence-corrected chi connectivity index (χ1v) is 13.1. The van der Waals surface area contributed by atoms with Crippen molar-refractivity contribution in [2.45, 2.75) is 11.8 Å². The minimum Gasteiger partial charge on any atom is -0.365 e. The molecular weight excluding hydrogens is 454 g/mol. The molecule has 1 aliphatic heterocycles. The lowest BCUT2D eigenvalue weighted by Crippen LogP contribution is -2.48. The molecule has 5 heteroatoms. The van der Waals surface area contributed by atoms with Crippen LogP contribution in [0.5, 0.6) is 0 Å². The average molecular weight is 490 g/mol. The number of hydrogen-bond acceptors (Lipinski definition) is 5. The second-order valence-corrected chi connectivity index (χ2v) is 9.53. The van der Waals surface area contributed by atoms with Gasteiger partial charge in [0, 0.05) is 38.1 Å². The zero-order chi connectivity index (χ0) is 25.3. The summed E-state index contributed by atoms with van der Waals surface area (Å²) >= 11 is 0. The number of hydrogen-bond donors (Lipinski definition) is 1. The van der Waals surface area contributed by atoms with E-state index in [-0.39, 0.29) is 5.41 Å². The highest BCUT2D eigenvalue weighted by Gasteiger charge is 2.36. The van der Waals surface area contributed by atoms with Crippen molar-refractivity contribution in [2.24, 2.45) is 0 Å². The number of nitrogens with zero attached hydrogens (tertiary/aromatic N) is 4. The molecule has 4 aromatic rings. The lowest BCUT2D eigenvalue weighted by Gasteiger charge is -2.40. The van der Waals surface area contributed by atoms with Crippen molar-refractivity contribution in [3.05, 3.63) is 132 Å². The molecule has 1 aromatic heterocycles. The highest BCUT2D eigenvalue weighted by atomic mass is 15.3. The molecule has 2 heterocycles. The summed E-state index contributed by atoms with van der Waals surface area (Å²) in [6.07, 6.45) is 2.82. The van der Waals surface area contributed by atoms with Crippen molar-refractivity contribution in [2.75, 3.05) is 49.5 Å². The number of anilines is 2. The molecule has 0 atom stereocenters. The quantitative estimate of drug-likeness (QED) is 0.231. The van der Waals surface area contributed by atoms with Crippen LogP contribution in [0.4, 0.5) is 11.6 Å². The normalized spacial score (nSPS) is 14.3. The summed E-state index contributed by atoms with van der Waals surface area (Å²) in [5.41, 5.74) is 3.81. The molecule has 188 valence electrons. The molecule has 0 radical (unpaired) electrons. The second kappa shape index (κ2) is 11.8. The first-order valence-electron chi connectivity index (χ1n) is 13.1. The monoisotopic (exact) mass is 489 g/mol. The summed E-state index contributed by atoms with van der Waals surface area (Å²) in [7, 11) is 0. The van der Waals surface area contributed by atoms with E-state index >= 15 is 0 Å². The molecule has 5 nitrogen and oxygen atoms in total. The van der Waals surface area contributed by atoms with Crippen LogP contribution in [0.3, 0.4) is 0 Å². The van der Waals surface area contributed by atoms with Crippen molar-refractivity contribution >= 4 is 11.6 Å². The lowest BCUT2D eigenvalue weighted by atomic mass is 9.67. The van der Waals surface area contributed by atoms with Crippen molar-refractivity contribution in [1.82, 2.24) is 15.1 Å². The fourth-order valence-electron chi connectivity index (χ4n) is 5.39. The summed E-state index contributed by atoms with van der Waals surface area (Å²) in [6.45, 7) is 9.34. The number of benzene rings is 3. The Bertz CT molecular complexity index is 1140. The van der Waals surface area contributed by atoms with Crippen molar-refractivity contribution < 1.29 is 0 Å². The minimum absolute atomic E-state index is 0.208. The standard InChI is InChI=1S/C32H35N5/c1-2-21-33-30-18-19-31(35-34-30)37-25-23-36(24-26-37)22-20-32(27-12-6-3-7-13-27,28-14-8-4-9-15-28)29-16-10-5-11-17-29/h2-19H,1,20-26H2,(H,33,34). The summed E-state index contributed by atoms with van der Waals surface area (Å²) in [5, 5.41) is 11.9. The maximum absolute atomic E-state index is 4.45. The molecule has 5 rings (SSSR count). The van der Waals surface area contributed by atoms with Gasteiger partial charge in [0.2, 0.25) is 0 Å². The molecule has 37 heavy (non-hydrogen) atoms. The molecule has 0 bridgehead atoms. The number of aromatic nitrogens is 2. The maximum atomic E-state index is 4.45. The molecule has 0 saturated carbocycles. The first kappa shape index (κ1) is 24.7. The molecule has 0 amide bonds. The number of nitrogens with one attached hydrogen (secondary N) is 1. The second-order valence-electron chi connectivity index (χ2n) is 9.53. The Morgan fingerprint density at radius 3 is 1.70 bits per heavy atom. The van der Waals surface area contributed by atoms with E-state index in [1.54, 1.807) is 0 Å². The lowest BCUT2D eigenvalue weighted by molar-refractivity contribution is 0.241. The molecule has 0 aliphatic carbocycles. The van der Waals surface area contributed by atoms with Crippen LogP contribution in [0, 0.1) is 0 Å². The van der Waals surface area contributed by atoms with Crippen LogP contribution in [0.1, 0.15) is 23.1 Å². The Hall–Kier alpha value is -3.96. The first-order chi connectivity index (χ1) is 18.3. The van der Waals surface area contributed by atoms with Gasteiger partial charge in [-0.2, -0.15) is 0 Å². The SMILES string of the molecule is C=CCNc1ccc(N2CCN(CCC(c3ccccc3)(c3ccccc3)c3ccccc3)CC2)nn1. The van der Waals surface area contributed by atoms with E-state index in [0.29, 0.717) is 6.54 Å². The third kappa shape index (κ3) is 5.57. The minimum atomic E-state index is -0.208. The summed E-state index contributed by atoms with van der Waals surface area (Å²) < 4.78 is 0. The van der Waals surface area contributed by atoms with Crippen LogP contribution in [-0.2, 0) is 5.41 Å². The van der Waals surface area contributed by atoms with Crippen LogP contribution < -0.4 is 10.2 Å². The van der Waals surface area contributed by atoms with Crippen LogP contribution in [0.25, 0.3) is 0 Å². The van der Waals surface area contributed by atoms with Gasteiger partial charge in [-0.1, -0.05) is 97.1 Å². The highest BCUT2D eigenvalue weighted by molar-refractivity contribution is 5.50. The molecular formula is C32H35N5. The third-order valence-corrected chi connectivity index (χ3v) is 7.38. The molecule has 3 aromatic carbocycles. The van der Waals surface area contributed by atoms with Gasteiger partial charge in [-0.3, -0.25) is 4.90 Å². The Labute approximate surface area is 220 Å².